The predicted molar refractivity (Wildman–Crippen MR) is 74.5 cm³/mol. The van der Waals surface area contributed by atoms with Gasteiger partial charge in [0.05, 0.1) is 16.3 Å². The Hall–Kier alpha value is -2.29. The Morgan fingerprint density at radius 2 is 2.04 bits per heavy atom. The average molecular weight is 350 g/mol. The number of carboxylic acid groups (broad SMARTS) is 1. The van der Waals surface area contributed by atoms with E-state index in [0.29, 0.717) is 12.3 Å². The molecular weight excluding hydrogens is 339 g/mol. The molecule has 0 saturated carbocycles. The molecule has 0 aliphatic heterocycles. The van der Waals surface area contributed by atoms with Crippen molar-refractivity contribution in [3.8, 4) is 0 Å². The summed E-state index contributed by atoms with van der Waals surface area (Å²) in [6, 6.07) is -0.501. The molecule has 124 valence electrons. The minimum atomic E-state index is -4.65. The van der Waals surface area contributed by atoms with Gasteiger partial charge in [0.25, 0.3) is 5.91 Å². The number of alkyl halides is 3. The molecule has 0 aliphatic carbocycles. The Bertz CT molecular complexity index is 801. The Morgan fingerprint density at radius 1 is 1.43 bits per heavy atom. The minimum Gasteiger partial charge on any atom is -0.480 e. The SMILES string of the molecule is Cc1nc2c(Cl)cc(C(F)(F)F)cn2c1C(=O)NC(C)C(=O)O. The molecule has 1 atom stereocenters. The monoisotopic (exact) mass is 349 g/mol. The summed E-state index contributed by atoms with van der Waals surface area (Å²) < 4.78 is 39.5. The Morgan fingerprint density at radius 3 is 2.57 bits per heavy atom. The number of hydrogen-bond donors (Lipinski definition) is 2. The van der Waals surface area contributed by atoms with Crippen LogP contribution in [-0.2, 0) is 11.0 Å². The van der Waals surface area contributed by atoms with Gasteiger partial charge >= 0.3 is 12.1 Å². The number of halogens is 4. The lowest BCUT2D eigenvalue weighted by Gasteiger charge is -2.11. The van der Waals surface area contributed by atoms with Crippen LogP contribution in [0.5, 0.6) is 0 Å². The molecule has 10 heteroatoms. The lowest BCUT2D eigenvalue weighted by Crippen LogP contribution is -2.39. The number of amides is 1. The number of nitrogens with zero attached hydrogens (tertiary/aromatic N) is 2. The topological polar surface area (TPSA) is 83.7 Å². The van der Waals surface area contributed by atoms with Gasteiger partial charge in [-0.05, 0) is 19.9 Å². The molecule has 1 amide bonds. The standard InChI is InChI=1S/C13H11ClF3N3O3/c1-5-9(11(21)19-6(2)12(22)23)20-4-7(13(15,16)17)3-8(14)10(20)18-5/h3-4,6H,1-2H3,(H,19,21)(H,22,23). The summed E-state index contributed by atoms with van der Waals surface area (Å²) in [6.07, 6.45) is -3.96. The second-order valence-corrected chi connectivity index (χ2v) is 5.25. The van der Waals surface area contributed by atoms with E-state index in [9.17, 15) is 22.8 Å². The van der Waals surface area contributed by atoms with Crippen molar-refractivity contribution in [2.45, 2.75) is 26.1 Å². The van der Waals surface area contributed by atoms with Crippen molar-refractivity contribution in [3.63, 3.8) is 0 Å². The van der Waals surface area contributed by atoms with Gasteiger partial charge in [-0.1, -0.05) is 11.6 Å². The van der Waals surface area contributed by atoms with Gasteiger partial charge in [0.15, 0.2) is 5.65 Å². The first-order valence-electron chi connectivity index (χ1n) is 6.31. The fourth-order valence-corrected chi connectivity index (χ4v) is 2.22. The maximum atomic E-state index is 12.9. The highest BCUT2D eigenvalue weighted by molar-refractivity contribution is 6.33. The minimum absolute atomic E-state index is 0.0229. The summed E-state index contributed by atoms with van der Waals surface area (Å²) in [5, 5.41) is 10.7. The molecule has 0 aromatic carbocycles. The van der Waals surface area contributed by atoms with Crippen LogP contribution in [0.15, 0.2) is 12.3 Å². The molecule has 2 rings (SSSR count). The third kappa shape index (κ3) is 3.24. The number of rotatable bonds is 3. The molecule has 23 heavy (non-hydrogen) atoms. The number of carbonyl (C=O) groups excluding carboxylic acids is 1. The van der Waals surface area contributed by atoms with E-state index in [1.165, 1.54) is 13.8 Å². The number of imidazole rings is 1. The quantitative estimate of drug-likeness (QED) is 0.892. The van der Waals surface area contributed by atoms with Crippen LogP contribution in [0.25, 0.3) is 5.65 Å². The molecule has 2 N–H and O–H groups in total. The van der Waals surface area contributed by atoms with E-state index >= 15 is 0 Å². The first-order chi connectivity index (χ1) is 10.5. The second kappa shape index (κ2) is 5.73. The largest absolute Gasteiger partial charge is 0.480 e. The van der Waals surface area contributed by atoms with E-state index < -0.39 is 29.7 Å². The van der Waals surface area contributed by atoms with Gasteiger partial charge in [0, 0.05) is 6.20 Å². The van der Waals surface area contributed by atoms with Gasteiger partial charge in [-0.2, -0.15) is 13.2 Å². The number of aromatic nitrogens is 2. The molecule has 0 aliphatic rings. The molecule has 0 bridgehead atoms. The van der Waals surface area contributed by atoms with Crippen molar-refractivity contribution in [2.24, 2.45) is 0 Å². The number of nitrogens with one attached hydrogen (secondary N) is 1. The van der Waals surface area contributed by atoms with Crippen LogP contribution >= 0.6 is 11.6 Å². The molecule has 0 radical (unpaired) electrons. The van der Waals surface area contributed by atoms with Crippen LogP contribution in [0.2, 0.25) is 5.02 Å². The van der Waals surface area contributed by atoms with Crippen molar-refractivity contribution in [3.05, 3.63) is 34.2 Å². The van der Waals surface area contributed by atoms with Gasteiger partial charge in [-0.3, -0.25) is 14.0 Å². The zero-order chi connectivity index (χ0) is 17.5. The van der Waals surface area contributed by atoms with Gasteiger partial charge < -0.3 is 10.4 Å². The normalized spacial score (nSPS) is 13.1. The van der Waals surface area contributed by atoms with Gasteiger partial charge in [0.1, 0.15) is 11.7 Å². The van der Waals surface area contributed by atoms with Crippen LogP contribution < -0.4 is 5.32 Å². The van der Waals surface area contributed by atoms with Gasteiger partial charge in [-0.15, -0.1) is 0 Å². The Kier molecular flexibility index (Phi) is 4.25. The molecule has 0 saturated heterocycles. The maximum absolute atomic E-state index is 12.9. The lowest BCUT2D eigenvalue weighted by molar-refractivity contribution is -0.139. The van der Waals surface area contributed by atoms with Crippen LogP contribution in [0.3, 0.4) is 0 Å². The fraction of sp³-hybridized carbons (Fsp3) is 0.308. The third-order valence-electron chi connectivity index (χ3n) is 3.11. The summed E-state index contributed by atoms with van der Waals surface area (Å²) >= 11 is 5.81. The van der Waals surface area contributed by atoms with Crippen molar-refractivity contribution >= 4 is 29.1 Å². The van der Waals surface area contributed by atoms with Crippen molar-refractivity contribution in [1.29, 1.82) is 0 Å². The molecule has 1 unspecified atom stereocenters. The number of fused-ring (bicyclic) bond motifs is 1. The highest BCUT2D eigenvalue weighted by Gasteiger charge is 2.33. The van der Waals surface area contributed by atoms with Crippen LogP contribution in [-0.4, -0.2) is 32.4 Å². The predicted octanol–water partition coefficient (Wildman–Crippen LogP) is 2.52. The fourth-order valence-electron chi connectivity index (χ4n) is 1.97. The van der Waals surface area contributed by atoms with E-state index in [4.69, 9.17) is 16.7 Å². The number of hydrogen-bond acceptors (Lipinski definition) is 3. The summed E-state index contributed by atoms with van der Waals surface area (Å²) in [7, 11) is 0. The molecule has 0 spiro atoms. The maximum Gasteiger partial charge on any atom is 0.417 e. The molecule has 0 fully saturated rings. The highest BCUT2D eigenvalue weighted by atomic mass is 35.5. The van der Waals surface area contributed by atoms with E-state index in [0.717, 1.165) is 4.40 Å². The second-order valence-electron chi connectivity index (χ2n) is 4.85. The smallest absolute Gasteiger partial charge is 0.417 e. The molecule has 6 nitrogen and oxygen atoms in total. The van der Waals surface area contributed by atoms with Crippen LogP contribution in [0.4, 0.5) is 13.2 Å². The molecular formula is C13H11ClF3N3O3. The summed E-state index contributed by atoms with van der Waals surface area (Å²) in [5.41, 5.74) is -1.15. The lowest BCUT2D eigenvalue weighted by atomic mass is 10.2. The van der Waals surface area contributed by atoms with E-state index in [2.05, 4.69) is 10.3 Å². The van der Waals surface area contributed by atoms with Crippen molar-refractivity contribution in [2.75, 3.05) is 0 Å². The Labute approximate surface area is 132 Å². The van der Waals surface area contributed by atoms with Crippen LogP contribution in [0, 0.1) is 6.92 Å². The van der Waals surface area contributed by atoms with Crippen LogP contribution in [0.1, 0.15) is 28.7 Å². The van der Waals surface area contributed by atoms with Crippen molar-refractivity contribution in [1.82, 2.24) is 14.7 Å². The third-order valence-corrected chi connectivity index (χ3v) is 3.39. The van der Waals surface area contributed by atoms with Crippen molar-refractivity contribution < 1.29 is 27.9 Å². The molecule has 2 heterocycles. The number of carboxylic acids is 1. The molecule has 2 aromatic heterocycles. The van der Waals surface area contributed by atoms with E-state index in [-0.39, 0.29) is 22.1 Å². The first-order valence-corrected chi connectivity index (χ1v) is 6.69. The highest BCUT2D eigenvalue weighted by Crippen LogP contribution is 2.33. The average Bonchev–Trinajstić information content (AvgIpc) is 2.74. The van der Waals surface area contributed by atoms with Gasteiger partial charge in [0.2, 0.25) is 0 Å². The number of carbonyl (C=O) groups is 2. The zero-order valence-corrected chi connectivity index (χ0v) is 12.7. The summed E-state index contributed by atoms with van der Waals surface area (Å²) in [4.78, 5) is 26.9. The number of aryl methyl sites for hydroxylation is 1. The zero-order valence-electron chi connectivity index (χ0n) is 11.9. The molecule has 2 aromatic rings. The number of aliphatic carboxylic acids is 1. The van der Waals surface area contributed by atoms with E-state index in [1.807, 2.05) is 0 Å². The number of pyridine rings is 1. The summed E-state index contributed by atoms with van der Waals surface area (Å²) in [6.45, 7) is 2.64. The van der Waals surface area contributed by atoms with Gasteiger partial charge in [-0.25, -0.2) is 4.98 Å². The van der Waals surface area contributed by atoms with E-state index in [1.54, 1.807) is 0 Å². The summed E-state index contributed by atoms with van der Waals surface area (Å²) in [5.74, 6) is -2.14. The first kappa shape index (κ1) is 17.1. The Balaban J connectivity index is 2.60.